The molecule has 2 rings (SSSR count). The molecule has 2 N–H and O–H groups in total. The third kappa shape index (κ3) is 4.93. The van der Waals surface area contributed by atoms with E-state index in [1.165, 1.54) is 19.4 Å². The third-order valence-electron chi connectivity index (χ3n) is 3.01. The molecule has 0 radical (unpaired) electrons. The van der Waals surface area contributed by atoms with Gasteiger partial charge < -0.3 is 14.6 Å². The van der Waals surface area contributed by atoms with E-state index < -0.39 is 17.5 Å². The van der Waals surface area contributed by atoms with E-state index in [2.05, 4.69) is 10.5 Å². The van der Waals surface area contributed by atoms with Crippen LogP contribution in [0.2, 0.25) is 0 Å². The van der Waals surface area contributed by atoms with E-state index in [4.69, 9.17) is 14.6 Å². The smallest absolute Gasteiger partial charge is 0.341 e. The standard InChI is InChI=1S/C16H15N3O6/c1-24-14-8-13(19(22)23)7-11(16(14)25-10-15(20)21)9-17-18-12-5-3-2-4-6-12/h2-9,18H,10H2,1H3,(H,20,21). The maximum Gasteiger partial charge on any atom is 0.341 e. The van der Waals surface area contributed by atoms with Gasteiger partial charge in [-0.1, -0.05) is 18.2 Å². The average molecular weight is 345 g/mol. The van der Waals surface area contributed by atoms with Gasteiger partial charge in [-0.15, -0.1) is 0 Å². The van der Waals surface area contributed by atoms with E-state index in [0.717, 1.165) is 6.07 Å². The Hall–Kier alpha value is -3.62. The second-order valence-corrected chi connectivity index (χ2v) is 4.74. The van der Waals surface area contributed by atoms with E-state index in [1.807, 2.05) is 18.2 Å². The van der Waals surface area contributed by atoms with Crippen LogP contribution >= 0.6 is 0 Å². The number of ether oxygens (including phenoxy) is 2. The van der Waals surface area contributed by atoms with Gasteiger partial charge in [0.1, 0.15) is 0 Å². The molecule has 0 aliphatic rings. The number of non-ortho nitro benzene ring substituents is 1. The third-order valence-corrected chi connectivity index (χ3v) is 3.01. The van der Waals surface area contributed by atoms with Crippen molar-refractivity contribution in [2.45, 2.75) is 0 Å². The summed E-state index contributed by atoms with van der Waals surface area (Å²) in [5, 5.41) is 23.8. The Morgan fingerprint density at radius 2 is 2.08 bits per heavy atom. The van der Waals surface area contributed by atoms with Crippen molar-refractivity contribution in [1.29, 1.82) is 0 Å². The van der Waals surface area contributed by atoms with Crippen LogP contribution < -0.4 is 14.9 Å². The normalized spacial score (nSPS) is 10.4. The van der Waals surface area contributed by atoms with Gasteiger partial charge in [0.2, 0.25) is 0 Å². The number of nitrogens with one attached hydrogen (secondary N) is 1. The lowest BCUT2D eigenvalue weighted by Gasteiger charge is -2.12. The zero-order valence-corrected chi connectivity index (χ0v) is 13.2. The number of hydrazone groups is 1. The number of rotatable bonds is 8. The number of carbonyl (C=O) groups is 1. The molecule has 0 aromatic heterocycles. The fourth-order valence-electron chi connectivity index (χ4n) is 1.94. The van der Waals surface area contributed by atoms with E-state index in [1.54, 1.807) is 12.1 Å². The Labute approximate surface area is 142 Å². The molecule has 0 saturated heterocycles. The molecule has 0 saturated carbocycles. The Balaban J connectivity index is 2.35. The maximum absolute atomic E-state index is 11.0. The van der Waals surface area contributed by atoms with Gasteiger partial charge >= 0.3 is 5.97 Å². The summed E-state index contributed by atoms with van der Waals surface area (Å²) in [5.74, 6) is -1.10. The van der Waals surface area contributed by atoms with Crippen LogP contribution in [0.25, 0.3) is 0 Å². The number of nitrogens with zero attached hydrogens (tertiary/aromatic N) is 2. The van der Waals surface area contributed by atoms with Crippen molar-refractivity contribution >= 4 is 23.6 Å². The number of benzene rings is 2. The van der Waals surface area contributed by atoms with E-state index >= 15 is 0 Å². The number of carboxylic acids is 1. The number of aliphatic carboxylic acids is 1. The molecule has 9 nitrogen and oxygen atoms in total. The molecule has 2 aromatic carbocycles. The van der Waals surface area contributed by atoms with E-state index in [-0.39, 0.29) is 22.7 Å². The first kappa shape index (κ1) is 17.7. The average Bonchev–Trinajstić information content (AvgIpc) is 2.60. The van der Waals surface area contributed by atoms with Crippen molar-refractivity contribution in [1.82, 2.24) is 0 Å². The second kappa shape index (κ2) is 8.29. The fourth-order valence-corrected chi connectivity index (χ4v) is 1.94. The molecule has 9 heteroatoms. The lowest BCUT2D eigenvalue weighted by Crippen LogP contribution is -2.11. The minimum atomic E-state index is -1.19. The zero-order valence-electron chi connectivity index (χ0n) is 13.2. The first-order valence-electron chi connectivity index (χ1n) is 7.06. The number of para-hydroxylation sites is 1. The van der Waals surface area contributed by atoms with Crippen LogP contribution in [0.4, 0.5) is 11.4 Å². The van der Waals surface area contributed by atoms with Crippen molar-refractivity contribution in [3.8, 4) is 11.5 Å². The van der Waals surface area contributed by atoms with Gasteiger partial charge in [-0.05, 0) is 12.1 Å². The molecular weight excluding hydrogens is 330 g/mol. The number of hydrogen-bond acceptors (Lipinski definition) is 7. The summed E-state index contributed by atoms with van der Waals surface area (Å²) in [4.78, 5) is 21.2. The highest BCUT2D eigenvalue weighted by molar-refractivity contribution is 5.87. The summed E-state index contributed by atoms with van der Waals surface area (Å²) in [7, 11) is 1.30. The lowest BCUT2D eigenvalue weighted by molar-refractivity contribution is -0.385. The molecule has 2 aromatic rings. The maximum atomic E-state index is 11.0. The van der Waals surface area contributed by atoms with Crippen molar-refractivity contribution in [2.75, 3.05) is 19.1 Å². The monoisotopic (exact) mass is 345 g/mol. The molecule has 0 amide bonds. The zero-order chi connectivity index (χ0) is 18.2. The van der Waals surface area contributed by atoms with Crippen LogP contribution in [0, 0.1) is 10.1 Å². The predicted octanol–water partition coefficient (Wildman–Crippen LogP) is 2.51. The fraction of sp³-hybridized carbons (Fsp3) is 0.125. The Morgan fingerprint density at radius 3 is 2.68 bits per heavy atom. The van der Waals surface area contributed by atoms with Crippen molar-refractivity contribution in [3.63, 3.8) is 0 Å². The summed E-state index contributed by atoms with van der Waals surface area (Å²) < 4.78 is 10.3. The quantitative estimate of drug-likeness (QED) is 0.428. The van der Waals surface area contributed by atoms with Gasteiger partial charge in [0, 0.05) is 11.6 Å². The molecule has 0 aliphatic carbocycles. The van der Waals surface area contributed by atoms with Gasteiger partial charge in [0.25, 0.3) is 5.69 Å². The van der Waals surface area contributed by atoms with Gasteiger partial charge in [-0.3, -0.25) is 15.5 Å². The number of nitro benzene ring substituents is 1. The summed E-state index contributed by atoms with van der Waals surface area (Å²) >= 11 is 0. The van der Waals surface area contributed by atoms with Crippen LogP contribution in [0.5, 0.6) is 11.5 Å². The molecule has 0 bridgehead atoms. The minimum absolute atomic E-state index is 0.0385. The number of anilines is 1. The van der Waals surface area contributed by atoms with Gasteiger partial charge in [0.05, 0.1) is 30.0 Å². The summed E-state index contributed by atoms with van der Waals surface area (Å²) in [6.45, 7) is -0.624. The highest BCUT2D eigenvalue weighted by Crippen LogP contribution is 2.35. The molecule has 25 heavy (non-hydrogen) atoms. The lowest BCUT2D eigenvalue weighted by atomic mass is 10.1. The van der Waals surface area contributed by atoms with Crippen LogP contribution in [0.15, 0.2) is 47.6 Å². The SMILES string of the molecule is COc1cc([N+](=O)[O-])cc(C=NNc2ccccc2)c1OCC(=O)O. The van der Waals surface area contributed by atoms with Crippen LogP contribution in [0.3, 0.4) is 0 Å². The van der Waals surface area contributed by atoms with Gasteiger partial charge in [-0.2, -0.15) is 5.10 Å². The van der Waals surface area contributed by atoms with Crippen LogP contribution in [-0.2, 0) is 4.79 Å². The van der Waals surface area contributed by atoms with Crippen LogP contribution in [0.1, 0.15) is 5.56 Å². The molecule has 0 heterocycles. The number of hydrogen-bond donors (Lipinski definition) is 2. The predicted molar refractivity (Wildman–Crippen MR) is 90.4 cm³/mol. The van der Waals surface area contributed by atoms with Crippen molar-refractivity contribution in [3.05, 3.63) is 58.1 Å². The first-order valence-corrected chi connectivity index (χ1v) is 7.06. The number of carboxylic acid groups (broad SMARTS) is 1. The van der Waals surface area contributed by atoms with Crippen LogP contribution in [-0.4, -0.2) is 35.9 Å². The number of methoxy groups -OCH3 is 1. The molecule has 0 spiro atoms. The minimum Gasteiger partial charge on any atom is -0.493 e. The summed E-state index contributed by atoms with van der Waals surface area (Å²) in [6.07, 6.45) is 1.29. The number of nitro groups is 1. The van der Waals surface area contributed by atoms with Crippen molar-refractivity contribution in [2.24, 2.45) is 5.10 Å². The largest absolute Gasteiger partial charge is 0.493 e. The summed E-state index contributed by atoms with van der Waals surface area (Å²) in [6, 6.07) is 11.4. The Bertz CT molecular complexity index is 792. The van der Waals surface area contributed by atoms with E-state index in [0.29, 0.717) is 5.69 Å². The highest BCUT2D eigenvalue weighted by Gasteiger charge is 2.18. The molecule has 0 fully saturated rings. The molecule has 0 aliphatic heterocycles. The first-order chi connectivity index (χ1) is 12.0. The molecule has 0 unspecified atom stereocenters. The topological polar surface area (TPSA) is 123 Å². The van der Waals surface area contributed by atoms with Crippen molar-refractivity contribution < 1.29 is 24.3 Å². The molecular formula is C16H15N3O6. The Kier molecular flexibility index (Phi) is 5.88. The second-order valence-electron chi connectivity index (χ2n) is 4.74. The molecule has 0 atom stereocenters. The molecule has 130 valence electrons. The van der Waals surface area contributed by atoms with Gasteiger partial charge in [0.15, 0.2) is 18.1 Å². The summed E-state index contributed by atoms with van der Waals surface area (Å²) in [5.41, 5.74) is 3.44. The van der Waals surface area contributed by atoms with E-state index in [9.17, 15) is 14.9 Å². The van der Waals surface area contributed by atoms with Gasteiger partial charge in [-0.25, -0.2) is 4.79 Å². The highest BCUT2D eigenvalue weighted by atomic mass is 16.6. The Morgan fingerprint density at radius 1 is 1.36 bits per heavy atom.